The molecule has 0 bridgehead atoms. The summed E-state index contributed by atoms with van der Waals surface area (Å²) in [4.78, 5) is 38.1. The Labute approximate surface area is 212 Å². The second-order valence-electron chi connectivity index (χ2n) is 11.2. The van der Waals surface area contributed by atoms with Crippen LogP contribution in [0.25, 0.3) is 6.08 Å². The van der Waals surface area contributed by atoms with Crippen molar-refractivity contribution in [3.8, 4) is 0 Å². The molecule has 188 valence electrons. The Morgan fingerprint density at radius 1 is 1.14 bits per heavy atom. The van der Waals surface area contributed by atoms with Gasteiger partial charge in [0.05, 0.1) is 5.41 Å². The van der Waals surface area contributed by atoms with Crippen LogP contribution >= 0.6 is 0 Å². The topological polar surface area (TPSA) is 86.7 Å². The number of hydrogen-bond acceptors (Lipinski definition) is 5. The van der Waals surface area contributed by atoms with Crippen LogP contribution in [-0.2, 0) is 22.4 Å². The van der Waals surface area contributed by atoms with Crippen LogP contribution in [0.15, 0.2) is 46.9 Å². The van der Waals surface area contributed by atoms with Crippen molar-refractivity contribution in [2.75, 3.05) is 13.1 Å². The van der Waals surface area contributed by atoms with Gasteiger partial charge in [0.25, 0.3) is 5.91 Å². The first kappa shape index (κ1) is 23.2. The first-order valence-electron chi connectivity index (χ1n) is 13.4. The van der Waals surface area contributed by atoms with E-state index in [2.05, 4.69) is 54.9 Å². The summed E-state index contributed by atoms with van der Waals surface area (Å²) in [6, 6.07) is 2.16. The summed E-state index contributed by atoms with van der Waals surface area (Å²) in [5.41, 5.74) is 3.97. The summed E-state index contributed by atoms with van der Waals surface area (Å²) in [5, 5.41) is 6.33. The van der Waals surface area contributed by atoms with E-state index in [-0.39, 0.29) is 23.4 Å². The van der Waals surface area contributed by atoms with Gasteiger partial charge < -0.3 is 15.5 Å². The summed E-state index contributed by atoms with van der Waals surface area (Å²) in [6.07, 6.45) is 18.0. The molecule has 1 aromatic heterocycles. The number of nitrogens with one attached hydrogen (secondary N) is 2. The molecule has 7 nitrogen and oxygen atoms in total. The molecule has 0 saturated heterocycles. The maximum atomic E-state index is 13.3. The Balaban J connectivity index is 1.21. The van der Waals surface area contributed by atoms with Crippen LogP contribution in [0, 0.1) is 11.3 Å². The summed E-state index contributed by atoms with van der Waals surface area (Å²) < 4.78 is 0. The molecule has 1 fully saturated rings. The number of hydrogen-bond donors (Lipinski definition) is 2. The van der Waals surface area contributed by atoms with Crippen LogP contribution in [0.1, 0.15) is 69.2 Å². The lowest BCUT2D eigenvalue weighted by atomic mass is 9.78. The lowest BCUT2D eigenvalue weighted by molar-refractivity contribution is -0.128. The maximum Gasteiger partial charge on any atom is 0.270 e. The number of aliphatic imine (C=N–C) groups is 1. The van der Waals surface area contributed by atoms with Gasteiger partial charge in [0, 0.05) is 42.9 Å². The average Bonchev–Trinajstić information content (AvgIpc) is 3.38. The Kier molecular flexibility index (Phi) is 5.61. The van der Waals surface area contributed by atoms with Gasteiger partial charge in [0.1, 0.15) is 17.2 Å². The highest BCUT2D eigenvalue weighted by Gasteiger charge is 2.52. The fourth-order valence-corrected chi connectivity index (χ4v) is 6.63. The van der Waals surface area contributed by atoms with Gasteiger partial charge in [-0.3, -0.25) is 19.6 Å². The third-order valence-corrected chi connectivity index (χ3v) is 8.53. The number of rotatable bonds is 4. The van der Waals surface area contributed by atoms with Crippen molar-refractivity contribution >= 4 is 23.6 Å². The van der Waals surface area contributed by atoms with E-state index in [1.165, 1.54) is 12.8 Å². The average molecular weight is 486 g/mol. The summed E-state index contributed by atoms with van der Waals surface area (Å²) in [6.45, 7) is 5.41. The van der Waals surface area contributed by atoms with E-state index in [0.29, 0.717) is 19.4 Å². The Bertz CT molecular complexity index is 1230. The van der Waals surface area contributed by atoms with Gasteiger partial charge in [-0.2, -0.15) is 0 Å². The Morgan fingerprint density at radius 2 is 1.94 bits per heavy atom. The van der Waals surface area contributed by atoms with Crippen molar-refractivity contribution in [3.63, 3.8) is 0 Å². The molecule has 6 rings (SSSR count). The highest BCUT2D eigenvalue weighted by Crippen LogP contribution is 2.47. The molecule has 5 aliphatic rings. The van der Waals surface area contributed by atoms with Gasteiger partial charge in [0.2, 0.25) is 5.91 Å². The molecular formula is C29H35N5O2. The zero-order valence-electron chi connectivity index (χ0n) is 21.3. The van der Waals surface area contributed by atoms with Crippen LogP contribution in [0.5, 0.6) is 0 Å². The number of pyridine rings is 1. The SMILES string of the molecule is CC(C)C1=NC2(CCCCCC2)N(C/C=C/c2cnc3c(c2)CC2(C3)C(=O)NC3=C2C=CCN3)C1=O. The third-order valence-electron chi connectivity index (χ3n) is 8.53. The van der Waals surface area contributed by atoms with E-state index < -0.39 is 5.41 Å². The minimum absolute atomic E-state index is 0.0591. The molecule has 7 heteroatoms. The molecule has 3 aliphatic heterocycles. The van der Waals surface area contributed by atoms with Crippen molar-refractivity contribution < 1.29 is 9.59 Å². The van der Waals surface area contributed by atoms with Gasteiger partial charge in [-0.05, 0) is 49.3 Å². The standard InChI is InChI=1S/C29H35N5O2/c1-19(2)24-26(35)34(29(33-24)11-5-3-4-6-12-29)14-8-9-20-15-21-16-28(17-23(21)31-18-20)22-10-7-13-30-25(22)32-27(28)36/h7-10,15,18-19,30H,3-6,11-14,16-17H2,1-2H3,(H,32,36)/b9-8+. The molecule has 2 aliphatic carbocycles. The van der Waals surface area contributed by atoms with E-state index in [1.807, 2.05) is 11.1 Å². The molecular weight excluding hydrogens is 450 g/mol. The van der Waals surface area contributed by atoms with Crippen molar-refractivity contribution in [3.05, 3.63) is 58.7 Å². The first-order valence-corrected chi connectivity index (χ1v) is 13.4. The molecule has 36 heavy (non-hydrogen) atoms. The molecule has 2 spiro atoms. The van der Waals surface area contributed by atoms with Gasteiger partial charge in [-0.15, -0.1) is 0 Å². The minimum atomic E-state index is -0.560. The van der Waals surface area contributed by atoms with Gasteiger partial charge in [0.15, 0.2) is 0 Å². The zero-order chi connectivity index (χ0) is 24.9. The molecule has 2 N–H and O–H groups in total. The van der Waals surface area contributed by atoms with E-state index in [4.69, 9.17) is 9.98 Å². The fourth-order valence-electron chi connectivity index (χ4n) is 6.63. The summed E-state index contributed by atoms with van der Waals surface area (Å²) in [5.74, 6) is 1.14. The molecule has 0 radical (unpaired) electrons. The molecule has 0 aromatic carbocycles. The van der Waals surface area contributed by atoms with Crippen molar-refractivity contribution in [1.82, 2.24) is 20.5 Å². The van der Waals surface area contributed by atoms with Crippen molar-refractivity contribution in [2.24, 2.45) is 16.3 Å². The second kappa shape index (κ2) is 8.71. The number of fused-ring (bicyclic) bond motifs is 2. The minimum Gasteiger partial charge on any atom is -0.368 e. The van der Waals surface area contributed by atoms with Crippen LogP contribution < -0.4 is 10.6 Å². The molecule has 4 heterocycles. The van der Waals surface area contributed by atoms with Crippen molar-refractivity contribution in [1.29, 1.82) is 0 Å². The molecule has 1 aromatic rings. The third kappa shape index (κ3) is 3.62. The number of allylic oxidation sites excluding steroid dienone is 1. The second-order valence-corrected chi connectivity index (χ2v) is 11.2. The van der Waals surface area contributed by atoms with Crippen LogP contribution in [0.2, 0.25) is 0 Å². The number of carbonyl (C=O) groups is 2. The Hall–Kier alpha value is -3.22. The fraction of sp³-hybridized carbons (Fsp3) is 0.517. The quantitative estimate of drug-likeness (QED) is 0.681. The zero-order valence-corrected chi connectivity index (χ0v) is 21.3. The largest absolute Gasteiger partial charge is 0.368 e. The van der Waals surface area contributed by atoms with Crippen LogP contribution in [0.3, 0.4) is 0 Å². The lowest BCUT2D eigenvalue weighted by Gasteiger charge is -2.35. The number of amides is 2. The lowest BCUT2D eigenvalue weighted by Crippen LogP contribution is -2.46. The van der Waals surface area contributed by atoms with E-state index in [0.717, 1.165) is 66.2 Å². The number of nitrogens with zero attached hydrogens (tertiary/aromatic N) is 3. The highest BCUT2D eigenvalue weighted by atomic mass is 16.2. The van der Waals surface area contributed by atoms with Crippen molar-refractivity contribution in [2.45, 2.75) is 70.9 Å². The monoisotopic (exact) mass is 485 g/mol. The number of aromatic nitrogens is 1. The van der Waals surface area contributed by atoms with E-state index in [1.54, 1.807) is 0 Å². The number of carbonyl (C=O) groups excluding carboxylic acids is 2. The number of dihydropyridines is 1. The van der Waals surface area contributed by atoms with Gasteiger partial charge >= 0.3 is 0 Å². The Morgan fingerprint density at radius 3 is 2.72 bits per heavy atom. The predicted molar refractivity (Wildman–Crippen MR) is 140 cm³/mol. The molecule has 2 amide bonds. The highest BCUT2D eigenvalue weighted by molar-refractivity contribution is 6.41. The van der Waals surface area contributed by atoms with E-state index >= 15 is 0 Å². The van der Waals surface area contributed by atoms with Crippen LogP contribution in [0.4, 0.5) is 0 Å². The van der Waals surface area contributed by atoms with Crippen LogP contribution in [-0.4, -0.2) is 46.2 Å². The first-order chi connectivity index (χ1) is 17.4. The van der Waals surface area contributed by atoms with E-state index in [9.17, 15) is 9.59 Å². The predicted octanol–water partition coefficient (Wildman–Crippen LogP) is 3.67. The molecule has 1 atom stereocenters. The van der Waals surface area contributed by atoms with Gasteiger partial charge in [-0.1, -0.05) is 51.0 Å². The summed E-state index contributed by atoms with van der Waals surface area (Å²) in [7, 11) is 0. The van der Waals surface area contributed by atoms with Gasteiger partial charge in [-0.25, -0.2) is 0 Å². The molecule has 1 unspecified atom stereocenters. The maximum absolute atomic E-state index is 13.3. The summed E-state index contributed by atoms with van der Waals surface area (Å²) >= 11 is 0. The smallest absolute Gasteiger partial charge is 0.270 e. The normalized spacial score (nSPS) is 26.6. The molecule has 1 saturated carbocycles.